The molecule has 0 aliphatic carbocycles. The molecule has 0 bridgehead atoms. The SMILES string of the molecule is C=CCN=c1scc(-c2ccc(OC)cc2OC)n1N=C(C)c1ccc(O)cc1. The number of benzene rings is 2. The Morgan fingerprint density at radius 1 is 1.17 bits per heavy atom. The smallest absolute Gasteiger partial charge is 0.206 e. The Bertz CT molecular complexity index is 1100. The highest BCUT2D eigenvalue weighted by molar-refractivity contribution is 7.07. The Labute approximate surface area is 173 Å². The van der Waals surface area contributed by atoms with E-state index in [0.29, 0.717) is 18.0 Å². The van der Waals surface area contributed by atoms with Gasteiger partial charge in [0.25, 0.3) is 0 Å². The van der Waals surface area contributed by atoms with Gasteiger partial charge in [-0.3, -0.25) is 4.99 Å². The van der Waals surface area contributed by atoms with E-state index in [-0.39, 0.29) is 5.75 Å². The topological polar surface area (TPSA) is 68.3 Å². The van der Waals surface area contributed by atoms with Crippen molar-refractivity contribution < 1.29 is 14.6 Å². The number of phenols is 1. The van der Waals surface area contributed by atoms with Crippen molar-refractivity contribution in [1.82, 2.24) is 4.68 Å². The zero-order valence-electron chi connectivity index (χ0n) is 16.6. The molecular weight excluding hydrogens is 386 g/mol. The number of rotatable bonds is 7. The van der Waals surface area contributed by atoms with Gasteiger partial charge < -0.3 is 14.6 Å². The standard InChI is InChI=1S/C22H23N3O3S/c1-5-12-23-22-25(24-15(2)16-6-8-17(26)9-7-16)20(14-29-22)19-11-10-18(27-3)13-21(19)28-4/h5-11,13-14,26H,1,12H2,2-4H3. The maximum atomic E-state index is 9.54. The average molecular weight is 410 g/mol. The molecule has 7 heteroatoms. The molecule has 3 aromatic rings. The largest absolute Gasteiger partial charge is 0.508 e. The number of methoxy groups -OCH3 is 2. The summed E-state index contributed by atoms with van der Waals surface area (Å²) in [6, 6.07) is 12.6. The second-order valence-electron chi connectivity index (χ2n) is 6.14. The van der Waals surface area contributed by atoms with Crippen LogP contribution in [0.1, 0.15) is 12.5 Å². The Morgan fingerprint density at radius 3 is 2.59 bits per heavy atom. The van der Waals surface area contributed by atoms with Crippen molar-refractivity contribution in [2.24, 2.45) is 10.1 Å². The highest BCUT2D eigenvalue weighted by Gasteiger charge is 2.14. The van der Waals surface area contributed by atoms with Crippen LogP contribution in [0.5, 0.6) is 17.2 Å². The van der Waals surface area contributed by atoms with Gasteiger partial charge >= 0.3 is 0 Å². The molecule has 0 unspecified atom stereocenters. The molecule has 0 spiro atoms. The third-order valence-electron chi connectivity index (χ3n) is 4.26. The third-order valence-corrected chi connectivity index (χ3v) is 5.11. The van der Waals surface area contributed by atoms with E-state index in [4.69, 9.17) is 14.6 Å². The first-order valence-electron chi connectivity index (χ1n) is 8.96. The van der Waals surface area contributed by atoms with Crippen molar-refractivity contribution in [2.75, 3.05) is 20.8 Å². The van der Waals surface area contributed by atoms with Gasteiger partial charge in [0.1, 0.15) is 17.2 Å². The second kappa shape index (κ2) is 9.25. The molecule has 0 saturated heterocycles. The Balaban J connectivity index is 2.17. The molecule has 1 heterocycles. The molecule has 0 aliphatic heterocycles. The highest BCUT2D eigenvalue weighted by Crippen LogP contribution is 2.33. The van der Waals surface area contributed by atoms with E-state index in [1.165, 1.54) is 11.3 Å². The van der Waals surface area contributed by atoms with E-state index in [1.54, 1.807) is 37.1 Å². The summed E-state index contributed by atoms with van der Waals surface area (Å²) in [5.74, 6) is 1.62. The molecule has 0 saturated carbocycles. The molecule has 0 fully saturated rings. The number of aromatic hydroxyl groups is 1. The van der Waals surface area contributed by atoms with Gasteiger partial charge in [-0.1, -0.05) is 6.08 Å². The van der Waals surface area contributed by atoms with E-state index in [2.05, 4.69) is 11.6 Å². The van der Waals surface area contributed by atoms with Crippen molar-refractivity contribution in [3.05, 3.63) is 70.9 Å². The fraction of sp³-hybridized carbons (Fsp3) is 0.182. The first-order chi connectivity index (χ1) is 14.1. The Hall–Kier alpha value is -3.32. The maximum absolute atomic E-state index is 9.54. The van der Waals surface area contributed by atoms with Gasteiger partial charge in [-0.25, -0.2) is 4.68 Å². The van der Waals surface area contributed by atoms with Crippen LogP contribution >= 0.6 is 11.3 Å². The molecular formula is C22H23N3O3S. The normalized spacial score (nSPS) is 12.1. The van der Waals surface area contributed by atoms with E-state index in [1.807, 2.05) is 42.6 Å². The maximum Gasteiger partial charge on any atom is 0.206 e. The van der Waals surface area contributed by atoms with Crippen LogP contribution in [0, 0.1) is 0 Å². The first-order valence-corrected chi connectivity index (χ1v) is 9.84. The van der Waals surface area contributed by atoms with Gasteiger partial charge in [0.05, 0.1) is 32.2 Å². The molecule has 0 atom stereocenters. The van der Waals surface area contributed by atoms with Gasteiger partial charge in [0, 0.05) is 17.0 Å². The summed E-state index contributed by atoms with van der Waals surface area (Å²) in [7, 11) is 3.25. The number of hydrogen-bond donors (Lipinski definition) is 1. The molecule has 1 aromatic heterocycles. The summed E-state index contributed by atoms with van der Waals surface area (Å²) in [5, 5.41) is 16.4. The van der Waals surface area contributed by atoms with Crippen molar-refractivity contribution in [1.29, 1.82) is 0 Å². The number of aromatic nitrogens is 1. The van der Waals surface area contributed by atoms with E-state index < -0.39 is 0 Å². The minimum atomic E-state index is 0.218. The molecule has 3 rings (SSSR count). The number of hydrogen-bond acceptors (Lipinski definition) is 6. The van der Waals surface area contributed by atoms with Crippen LogP contribution in [0.3, 0.4) is 0 Å². The zero-order chi connectivity index (χ0) is 20.8. The van der Waals surface area contributed by atoms with E-state index >= 15 is 0 Å². The van der Waals surface area contributed by atoms with Crippen LogP contribution in [-0.2, 0) is 0 Å². The van der Waals surface area contributed by atoms with Crippen molar-refractivity contribution in [3.8, 4) is 28.5 Å². The van der Waals surface area contributed by atoms with Gasteiger partial charge in [0.2, 0.25) is 4.80 Å². The lowest BCUT2D eigenvalue weighted by molar-refractivity contribution is 0.395. The summed E-state index contributed by atoms with van der Waals surface area (Å²) in [4.78, 5) is 5.32. The predicted molar refractivity (Wildman–Crippen MR) is 117 cm³/mol. The highest BCUT2D eigenvalue weighted by atomic mass is 32.1. The average Bonchev–Trinajstić information content (AvgIpc) is 3.14. The molecule has 0 radical (unpaired) electrons. The van der Waals surface area contributed by atoms with Gasteiger partial charge in [-0.2, -0.15) is 5.10 Å². The molecule has 6 nitrogen and oxygen atoms in total. The van der Waals surface area contributed by atoms with Crippen LogP contribution in [0.25, 0.3) is 11.3 Å². The van der Waals surface area contributed by atoms with Crippen molar-refractivity contribution in [2.45, 2.75) is 6.92 Å². The van der Waals surface area contributed by atoms with Crippen molar-refractivity contribution in [3.63, 3.8) is 0 Å². The summed E-state index contributed by atoms with van der Waals surface area (Å²) in [6.07, 6.45) is 1.74. The van der Waals surface area contributed by atoms with Crippen LogP contribution in [-0.4, -0.2) is 36.3 Å². The molecule has 150 valence electrons. The van der Waals surface area contributed by atoms with Crippen LogP contribution < -0.4 is 14.3 Å². The van der Waals surface area contributed by atoms with Crippen LogP contribution in [0.4, 0.5) is 0 Å². The molecule has 29 heavy (non-hydrogen) atoms. The fourth-order valence-electron chi connectivity index (χ4n) is 2.75. The predicted octanol–water partition coefficient (Wildman–Crippen LogP) is 4.30. The van der Waals surface area contributed by atoms with Crippen LogP contribution in [0.15, 0.2) is 70.6 Å². The lowest BCUT2D eigenvalue weighted by Crippen LogP contribution is -2.14. The number of nitrogens with zero attached hydrogens (tertiary/aromatic N) is 3. The summed E-state index contributed by atoms with van der Waals surface area (Å²) in [5.41, 5.74) is 3.43. The van der Waals surface area contributed by atoms with E-state index in [0.717, 1.165) is 27.3 Å². The molecule has 0 aliphatic rings. The second-order valence-corrected chi connectivity index (χ2v) is 6.98. The molecule has 1 N–H and O–H groups in total. The van der Waals surface area contributed by atoms with Gasteiger partial charge in [-0.05, 0) is 48.9 Å². The number of thiazole rings is 1. The molecule has 2 aromatic carbocycles. The lowest BCUT2D eigenvalue weighted by atomic mass is 10.1. The number of ether oxygens (including phenoxy) is 2. The fourth-order valence-corrected chi connectivity index (χ4v) is 3.58. The van der Waals surface area contributed by atoms with Crippen molar-refractivity contribution >= 4 is 17.0 Å². The van der Waals surface area contributed by atoms with Gasteiger partial charge in [-0.15, -0.1) is 17.9 Å². The quantitative estimate of drug-likeness (QED) is 0.467. The van der Waals surface area contributed by atoms with Crippen LogP contribution in [0.2, 0.25) is 0 Å². The number of phenolic OH excluding ortho intramolecular Hbond substituents is 1. The lowest BCUT2D eigenvalue weighted by Gasteiger charge is -2.11. The zero-order valence-corrected chi connectivity index (χ0v) is 17.4. The first kappa shape index (κ1) is 20.4. The van der Waals surface area contributed by atoms with E-state index in [9.17, 15) is 5.11 Å². The third kappa shape index (κ3) is 4.57. The summed E-state index contributed by atoms with van der Waals surface area (Å²) < 4.78 is 12.7. The Morgan fingerprint density at radius 2 is 1.93 bits per heavy atom. The minimum Gasteiger partial charge on any atom is -0.508 e. The summed E-state index contributed by atoms with van der Waals surface area (Å²) >= 11 is 1.49. The monoisotopic (exact) mass is 409 g/mol. The van der Waals surface area contributed by atoms with Gasteiger partial charge in [0.15, 0.2) is 0 Å². The summed E-state index contributed by atoms with van der Waals surface area (Å²) in [6.45, 7) is 6.16. The molecule has 0 amide bonds. The minimum absolute atomic E-state index is 0.218. The Kier molecular flexibility index (Phi) is 6.51.